The van der Waals surface area contributed by atoms with Crippen molar-refractivity contribution >= 4 is 23.4 Å². The van der Waals surface area contributed by atoms with Crippen LogP contribution < -0.4 is 5.32 Å². The van der Waals surface area contributed by atoms with Crippen molar-refractivity contribution in [1.29, 1.82) is 0 Å². The zero-order chi connectivity index (χ0) is 23.5. The van der Waals surface area contributed by atoms with Gasteiger partial charge in [0.05, 0.1) is 6.42 Å². The van der Waals surface area contributed by atoms with E-state index in [1.165, 1.54) is 0 Å². The van der Waals surface area contributed by atoms with Crippen molar-refractivity contribution in [3.05, 3.63) is 107 Å². The van der Waals surface area contributed by atoms with Crippen LogP contribution in [0.4, 0.5) is 0 Å². The van der Waals surface area contributed by atoms with Gasteiger partial charge in [0.1, 0.15) is 6.04 Å². The van der Waals surface area contributed by atoms with Gasteiger partial charge in [0.2, 0.25) is 11.8 Å². The number of benzene rings is 3. The van der Waals surface area contributed by atoms with Gasteiger partial charge in [-0.05, 0) is 35.2 Å². The summed E-state index contributed by atoms with van der Waals surface area (Å²) < 4.78 is 0. The normalized spacial score (nSPS) is 11.6. The fourth-order valence-corrected chi connectivity index (χ4v) is 3.84. The molecular formula is C28H31ClN2O2. The van der Waals surface area contributed by atoms with E-state index in [1.54, 1.807) is 17.0 Å². The quantitative estimate of drug-likeness (QED) is 0.386. The van der Waals surface area contributed by atoms with Crippen LogP contribution >= 0.6 is 11.6 Å². The molecule has 33 heavy (non-hydrogen) atoms. The molecule has 3 aromatic rings. The predicted octanol–water partition coefficient (Wildman–Crippen LogP) is 5.44. The number of hydrogen-bond donors (Lipinski definition) is 1. The first-order valence-electron chi connectivity index (χ1n) is 11.5. The molecule has 1 N–H and O–H groups in total. The minimum Gasteiger partial charge on any atom is -0.354 e. The predicted molar refractivity (Wildman–Crippen MR) is 134 cm³/mol. The summed E-state index contributed by atoms with van der Waals surface area (Å²) in [5.41, 5.74) is 2.87. The largest absolute Gasteiger partial charge is 0.354 e. The molecule has 0 heterocycles. The van der Waals surface area contributed by atoms with Crippen molar-refractivity contribution in [3.63, 3.8) is 0 Å². The highest BCUT2D eigenvalue weighted by Crippen LogP contribution is 2.17. The van der Waals surface area contributed by atoms with Crippen LogP contribution in [0.25, 0.3) is 0 Å². The second-order valence-electron chi connectivity index (χ2n) is 8.16. The van der Waals surface area contributed by atoms with Crippen molar-refractivity contribution < 1.29 is 9.59 Å². The molecule has 0 saturated carbocycles. The van der Waals surface area contributed by atoms with Crippen LogP contribution in [-0.4, -0.2) is 29.3 Å². The van der Waals surface area contributed by atoms with Crippen LogP contribution in [0, 0.1) is 0 Å². The van der Waals surface area contributed by atoms with E-state index in [4.69, 9.17) is 11.6 Å². The van der Waals surface area contributed by atoms with Gasteiger partial charge in [-0.25, -0.2) is 0 Å². The number of nitrogens with zero attached hydrogens (tertiary/aromatic N) is 1. The summed E-state index contributed by atoms with van der Waals surface area (Å²) in [6.07, 6.45) is 2.56. The van der Waals surface area contributed by atoms with Crippen molar-refractivity contribution in [2.24, 2.45) is 0 Å². The first kappa shape index (κ1) is 24.5. The maximum atomic E-state index is 13.6. The molecule has 0 aliphatic carbocycles. The number of carbonyl (C=O) groups is 2. The number of rotatable bonds is 11. The second kappa shape index (κ2) is 12.8. The average molecular weight is 463 g/mol. The zero-order valence-corrected chi connectivity index (χ0v) is 19.8. The van der Waals surface area contributed by atoms with E-state index >= 15 is 0 Å². The highest BCUT2D eigenvalue weighted by atomic mass is 35.5. The Bertz CT molecular complexity index is 1010. The highest BCUT2D eigenvalue weighted by Gasteiger charge is 2.30. The Morgan fingerprint density at radius 2 is 1.45 bits per heavy atom. The van der Waals surface area contributed by atoms with Crippen LogP contribution in [-0.2, 0) is 29.0 Å². The maximum Gasteiger partial charge on any atom is 0.243 e. The third kappa shape index (κ3) is 7.76. The fraction of sp³-hybridized carbons (Fsp3) is 0.286. The van der Waals surface area contributed by atoms with Crippen LogP contribution in [0.15, 0.2) is 84.9 Å². The SMILES string of the molecule is CCCCNC(=O)[C@@H](Cc1ccccc1)N(Cc1ccccc1)C(=O)Cc1ccc(Cl)cc1. The molecule has 5 heteroatoms. The van der Waals surface area contributed by atoms with E-state index in [0.717, 1.165) is 29.5 Å². The number of amides is 2. The lowest BCUT2D eigenvalue weighted by molar-refractivity contribution is -0.140. The van der Waals surface area contributed by atoms with E-state index in [9.17, 15) is 9.59 Å². The molecule has 0 aliphatic heterocycles. The standard InChI is InChI=1S/C28H31ClN2O2/c1-2-3-18-30-28(33)26(19-22-10-6-4-7-11-22)31(21-24-12-8-5-9-13-24)27(32)20-23-14-16-25(29)17-15-23/h4-17,26H,2-3,18-21H2,1H3,(H,30,33)/t26-/m1/s1. The van der Waals surface area contributed by atoms with E-state index in [2.05, 4.69) is 12.2 Å². The molecule has 3 aromatic carbocycles. The lowest BCUT2D eigenvalue weighted by atomic mass is 10.0. The molecule has 3 rings (SSSR count). The average Bonchev–Trinajstić information content (AvgIpc) is 2.84. The molecule has 0 spiro atoms. The van der Waals surface area contributed by atoms with Crippen molar-refractivity contribution in [2.45, 2.75) is 45.2 Å². The van der Waals surface area contributed by atoms with Crippen LogP contribution in [0.3, 0.4) is 0 Å². The van der Waals surface area contributed by atoms with Crippen LogP contribution in [0.1, 0.15) is 36.5 Å². The third-order valence-electron chi connectivity index (χ3n) is 5.57. The molecule has 0 radical (unpaired) electrons. The number of carbonyl (C=O) groups excluding carboxylic acids is 2. The van der Waals surface area contributed by atoms with Gasteiger partial charge in [-0.3, -0.25) is 9.59 Å². The molecule has 2 amide bonds. The summed E-state index contributed by atoms with van der Waals surface area (Å²) in [6.45, 7) is 3.06. The Morgan fingerprint density at radius 1 is 0.848 bits per heavy atom. The van der Waals surface area contributed by atoms with Gasteiger partial charge in [-0.2, -0.15) is 0 Å². The lowest BCUT2D eigenvalue weighted by Gasteiger charge is -2.31. The van der Waals surface area contributed by atoms with Gasteiger partial charge < -0.3 is 10.2 Å². The smallest absolute Gasteiger partial charge is 0.243 e. The van der Waals surface area contributed by atoms with E-state index in [1.807, 2.05) is 72.8 Å². The first-order chi connectivity index (χ1) is 16.1. The Labute approximate surface area is 201 Å². The van der Waals surface area contributed by atoms with Crippen molar-refractivity contribution in [3.8, 4) is 0 Å². The van der Waals surface area contributed by atoms with Crippen LogP contribution in [0.5, 0.6) is 0 Å². The summed E-state index contributed by atoms with van der Waals surface area (Å²) in [5.74, 6) is -0.208. The minimum atomic E-state index is -0.607. The van der Waals surface area contributed by atoms with Gasteiger partial charge in [0.15, 0.2) is 0 Å². The molecule has 172 valence electrons. The van der Waals surface area contributed by atoms with Gasteiger partial charge in [-0.1, -0.05) is 97.7 Å². The lowest BCUT2D eigenvalue weighted by Crippen LogP contribution is -2.51. The van der Waals surface area contributed by atoms with Gasteiger partial charge in [0, 0.05) is 24.5 Å². The molecule has 0 fully saturated rings. The summed E-state index contributed by atoms with van der Waals surface area (Å²) >= 11 is 6.01. The summed E-state index contributed by atoms with van der Waals surface area (Å²) in [7, 11) is 0. The summed E-state index contributed by atoms with van der Waals surface area (Å²) in [5, 5.41) is 3.68. The van der Waals surface area contributed by atoms with Gasteiger partial charge in [-0.15, -0.1) is 0 Å². The number of nitrogens with one attached hydrogen (secondary N) is 1. The third-order valence-corrected chi connectivity index (χ3v) is 5.82. The van der Waals surface area contributed by atoms with E-state index < -0.39 is 6.04 Å². The molecule has 0 bridgehead atoms. The molecule has 0 aliphatic rings. The molecule has 4 nitrogen and oxygen atoms in total. The maximum absolute atomic E-state index is 13.6. The van der Waals surface area contributed by atoms with Gasteiger partial charge in [0.25, 0.3) is 0 Å². The number of hydrogen-bond acceptors (Lipinski definition) is 2. The van der Waals surface area contributed by atoms with Crippen molar-refractivity contribution in [1.82, 2.24) is 10.2 Å². The molecule has 1 atom stereocenters. The van der Waals surface area contributed by atoms with Crippen molar-refractivity contribution in [2.75, 3.05) is 6.54 Å². The summed E-state index contributed by atoms with van der Waals surface area (Å²) in [4.78, 5) is 28.6. The zero-order valence-electron chi connectivity index (χ0n) is 19.0. The van der Waals surface area contributed by atoms with E-state index in [-0.39, 0.29) is 18.2 Å². The Kier molecular flexibility index (Phi) is 9.52. The first-order valence-corrected chi connectivity index (χ1v) is 11.8. The minimum absolute atomic E-state index is 0.0900. The number of unbranched alkanes of at least 4 members (excludes halogenated alkanes) is 1. The molecule has 0 unspecified atom stereocenters. The molecule has 0 saturated heterocycles. The Hall–Kier alpha value is -3.11. The molecular weight excluding hydrogens is 432 g/mol. The molecule has 0 aromatic heterocycles. The Balaban J connectivity index is 1.90. The van der Waals surface area contributed by atoms with E-state index in [0.29, 0.717) is 24.5 Å². The van der Waals surface area contributed by atoms with Gasteiger partial charge >= 0.3 is 0 Å². The fourth-order valence-electron chi connectivity index (χ4n) is 3.72. The second-order valence-corrected chi connectivity index (χ2v) is 8.60. The topological polar surface area (TPSA) is 49.4 Å². The van der Waals surface area contributed by atoms with Crippen LogP contribution in [0.2, 0.25) is 5.02 Å². The monoisotopic (exact) mass is 462 g/mol. The highest BCUT2D eigenvalue weighted by molar-refractivity contribution is 6.30. The summed E-state index contributed by atoms with van der Waals surface area (Å²) in [6, 6.07) is 26.3. The Morgan fingerprint density at radius 3 is 2.06 bits per heavy atom. The number of halogens is 1.